The maximum Gasteiger partial charge on any atom is 0.278 e. The minimum absolute atomic E-state index is 0.115. The molecular weight excluding hydrogens is 402 g/mol. The molecule has 2 amide bonds. The Morgan fingerprint density at radius 1 is 1.33 bits per heavy atom. The molecule has 9 heteroatoms. The summed E-state index contributed by atoms with van der Waals surface area (Å²) in [6, 6.07) is 7.41. The first-order valence-electron chi connectivity index (χ1n) is 9.81. The van der Waals surface area contributed by atoms with Gasteiger partial charge >= 0.3 is 0 Å². The maximum absolute atomic E-state index is 12.8. The van der Waals surface area contributed by atoms with Crippen molar-refractivity contribution in [1.29, 1.82) is 0 Å². The largest absolute Gasteiger partial charge is 0.494 e. The standard InChI is InChI=1S/C21H23N5O3S/c1-3-29-17-8-4-15(5-9-17)23-19(27)13-30-21-24-18(10-14-11-22-25(2)12-14)20(28)26(21)16-6-7-16/h4-5,8-12,16H,3,6-7,13H2,1-2H3,(H,23,27). The highest BCUT2D eigenvalue weighted by atomic mass is 32.2. The Balaban J connectivity index is 1.40. The van der Waals surface area contributed by atoms with E-state index in [4.69, 9.17) is 4.74 Å². The summed E-state index contributed by atoms with van der Waals surface area (Å²) in [6.45, 7) is 2.52. The van der Waals surface area contributed by atoms with Crippen LogP contribution < -0.4 is 10.1 Å². The van der Waals surface area contributed by atoms with Crippen molar-refractivity contribution >= 4 is 40.5 Å². The molecule has 1 aliphatic carbocycles. The first-order valence-corrected chi connectivity index (χ1v) is 10.8. The van der Waals surface area contributed by atoms with Crippen LogP contribution in [0.3, 0.4) is 0 Å². The molecule has 30 heavy (non-hydrogen) atoms. The lowest BCUT2D eigenvalue weighted by Gasteiger charge is -2.16. The third-order valence-corrected chi connectivity index (χ3v) is 5.53. The van der Waals surface area contributed by atoms with Gasteiger partial charge in [0, 0.05) is 30.5 Å². The summed E-state index contributed by atoms with van der Waals surface area (Å²) in [5, 5.41) is 7.56. The molecule has 1 N–H and O–H groups in total. The van der Waals surface area contributed by atoms with Crippen molar-refractivity contribution in [1.82, 2.24) is 14.7 Å². The van der Waals surface area contributed by atoms with Gasteiger partial charge in [0.15, 0.2) is 5.17 Å². The maximum atomic E-state index is 12.8. The number of carbonyl (C=O) groups is 2. The summed E-state index contributed by atoms with van der Waals surface area (Å²) in [7, 11) is 1.82. The summed E-state index contributed by atoms with van der Waals surface area (Å²) in [4.78, 5) is 31.4. The van der Waals surface area contributed by atoms with E-state index in [1.54, 1.807) is 34.0 Å². The molecule has 2 heterocycles. The Hall–Kier alpha value is -3.07. The number of benzene rings is 1. The van der Waals surface area contributed by atoms with Crippen LogP contribution in [-0.2, 0) is 16.6 Å². The predicted molar refractivity (Wildman–Crippen MR) is 117 cm³/mol. The van der Waals surface area contributed by atoms with Gasteiger partial charge in [0.1, 0.15) is 11.4 Å². The van der Waals surface area contributed by atoms with Crippen LogP contribution in [0.4, 0.5) is 5.69 Å². The van der Waals surface area contributed by atoms with Crippen molar-refractivity contribution in [2.45, 2.75) is 25.8 Å². The number of aryl methyl sites for hydroxylation is 1. The lowest BCUT2D eigenvalue weighted by atomic mass is 10.3. The van der Waals surface area contributed by atoms with Gasteiger partial charge in [0.05, 0.1) is 18.6 Å². The Kier molecular flexibility index (Phi) is 5.89. The number of ether oxygens (including phenoxy) is 1. The zero-order valence-corrected chi connectivity index (χ0v) is 17.7. The number of nitrogens with zero attached hydrogens (tertiary/aromatic N) is 4. The number of aromatic nitrogens is 2. The molecule has 2 aromatic rings. The van der Waals surface area contributed by atoms with Crippen molar-refractivity contribution in [2.75, 3.05) is 17.7 Å². The average molecular weight is 426 g/mol. The van der Waals surface area contributed by atoms with Gasteiger partial charge in [-0.25, -0.2) is 4.99 Å². The third-order valence-electron chi connectivity index (χ3n) is 4.58. The van der Waals surface area contributed by atoms with Gasteiger partial charge in [-0.05, 0) is 50.1 Å². The predicted octanol–water partition coefficient (Wildman–Crippen LogP) is 2.89. The highest BCUT2D eigenvalue weighted by Gasteiger charge is 2.41. The Bertz CT molecular complexity index is 1010. The number of hydrogen-bond donors (Lipinski definition) is 1. The van der Waals surface area contributed by atoms with Crippen LogP contribution >= 0.6 is 11.8 Å². The summed E-state index contributed by atoms with van der Waals surface area (Å²) in [6.07, 6.45) is 7.17. The van der Waals surface area contributed by atoms with Crippen LogP contribution in [0.5, 0.6) is 5.75 Å². The Morgan fingerprint density at radius 2 is 2.10 bits per heavy atom. The van der Waals surface area contributed by atoms with E-state index < -0.39 is 0 Å². The van der Waals surface area contributed by atoms with Crippen molar-refractivity contribution in [2.24, 2.45) is 12.0 Å². The van der Waals surface area contributed by atoms with Crippen molar-refractivity contribution < 1.29 is 14.3 Å². The van der Waals surface area contributed by atoms with Gasteiger partial charge in [0.2, 0.25) is 5.91 Å². The minimum atomic E-state index is -0.153. The number of carbonyl (C=O) groups excluding carboxylic acids is 2. The van der Waals surface area contributed by atoms with Gasteiger partial charge < -0.3 is 10.1 Å². The number of amides is 2. The molecule has 0 unspecified atom stereocenters. The number of anilines is 1. The van der Waals surface area contributed by atoms with Gasteiger partial charge in [-0.3, -0.25) is 19.2 Å². The molecule has 0 spiro atoms. The zero-order chi connectivity index (χ0) is 21.1. The molecule has 1 fully saturated rings. The van der Waals surface area contributed by atoms with Crippen molar-refractivity contribution in [3.8, 4) is 5.75 Å². The molecule has 2 aliphatic rings. The van der Waals surface area contributed by atoms with Gasteiger partial charge in [-0.2, -0.15) is 5.10 Å². The van der Waals surface area contributed by atoms with Crippen molar-refractivity contribution in [3.05, 3.63) is 47.9 Å². The molecular formula is C21H23N5O3S. The zero-order valence-electron chi connectivity index (χ0n) is 16.9. The van der Waals surface area contributed by atoms with Crippen LogP contribution in [0, 0.1) is 0 Å². The van der Waals surface area contributed by atoms with E-state index >= 15 is 0 Å². The van der Waals surface area contributed by atoms with E-state index in [1.807, 2.05) is 32.3 Å². The molecule has 0 bridgehead atoms. The van der Waals surface area contributed by atoms with Gasteiger partial charge in [-0.15, -0.1) is 0 Å². The molecule has 1 aromatic carbocycles. The van der Waals surface area contributed by atoms with Gasteiger partial charge in [-0.1, -0.05) is 11.8 Å². The SMILES string of the molecule is CCOc1ccc(NC(=O)CSC2=NC(=Cc3cnn(C)c3)C(=O)N2C2CC2)cc1. The molecule has 0 saturated heterocycles. The summed E-state index contributed by atoms with van der Waals surface area (Å²) in [5.74, 6) is 0.662. The second-order valence-electron chi connectivity index (χ2n) is 7.07. The normalized spacial score (nSPS) is 17.4. The number of amidine groups is 1. The number of rotatable bonds is 7. The third kappa shape index (κ3) is 4.73. The first-order chi connectivity index (χ1) is 14.5. The van der Waals surface area contributed by atoms with Crippen LogP contribution in [-0.4, -0.2) is 50.1 Å². The molecule has 1 saturated carbocycles. The van der Waals surface area contributed by atoms with Gasteiger partial charge in [0.25, 0.3) is 5.91 Å². The van der Waals surface area contributed by atoms with E-state index in [0.717, 1.165) is 24.2 Å². The highest BCUT2D eigenvalue weighted by Crippen LogP contribution is 2.35. The summed E-state index contributed by atoms with van der Waals surface area (Å²) >= 11 is 1.28. The fourth-order valence-corrected chi connectivity index (χ4v) is 3.93. The first kappa shape index (κ1) is 20.2. The second-order valence-corrected chi connectivity index (χ2v) is 8.01. The lowest BCUT2D eigenvalue weighted by molar-refractivity contribution is -0.123. The van der Waals surface area contributed by atoms with Crippen LogP contribution in [0.25, 0.3) is 6.08 Å². The summed E-state index contributed by atoms with van der Waals surface area (Å²) in [5.41, 5.74) is 1.90. The number of nitrogens with one attached hydrogen (secondary N) is 1. The number of aliphatic imine (C=N–C) groups is 1. The molecule has 1 aromatic heterocycles. The molecule has 156 valence electrons. The van der Waals surface area contributed by atoms with E-state index in [9.17, 15) is 9.59 Å². The molecule has 1 aliphatic heterocycles. The highest BCUT2D eigenvalue weighted by molar-refractivity contribution is 8.14. The molecule has 8 nitrogen and oxygen atoms in total. The fraction of sp³-hybridized carbons (Fsp3) is 0.333. The Labute approximate surface area is 179 Å². The van der Waals surface area contributed by atoms with E-state index in [-0.39, 0.29) is 23.6 Å². The van der Waals surface area contributed by atoms with Crippen LogP contribution in [0.2, 0.25) is 0 Å². The quantitative estimate of drug-likeness (QED) is 0.689. The number of hydrogen-bond acceptors (Lipinski definition) is 6. The van der Waals surface area contributed by atoms with E-state index in [0.29, 0.717) is 23.2 Å². The Morgan fingerprint density at radius 3 is 2.73 bits per heavy atom. The van der Waals surface area contributed by atoms with E-state index in [2.05, 4.69) is 15.4 Å². The average Bonchev–Trinajstić information content (AvgIpc) is 3.40. The molecule has 0 radical (unpaired) electrons. The second kappa shape index (κ2) is 8.74. The van der Waals surface area contributed by atoms with E-state index in [1.165, 1.54) is 11.8 Å². The smallest absolute Gasteiger partial charge is 0.278 e. The fourth-order valence-electron chi connectivity index (χ4n) is 3.07. The lowest BCUT2D eigenvalue weighted by Crippen LogP contribution is -2.33. The summed E-state index contributed by atoms with van der Waals surface area (Å²) < 4.78 is 7.08. The molecule has 4 rings (SSSR count). The topological polar surface area (TPSA) is 88.8 Å². The van der Waals surface area contributed by atoms with Crippen molar-refractivity contribution in [3.63, 3.8) is 0 Å². The number of thioether (sulfide) groups is 1. The minimum Gasteiger partial charge on any atom is -0.494 e. The van der Waals surface area contributed by atoms with Crippen LogP contribution in [0.15, 0.2) is 47.3 Å². The molecule has 0 atom stereocenters. The van der Waals surface area contributed by atoms with Crippen LogP contribution in [0.1, 0.15) is 25.3 Å². The monoisotopic (exact) mass is 425 g/mol.